The van der Waals surface area contributed by atoms with Crippen LogP contribution in [0.4, 0.5) is 0 Å². The normalized spacial score (nSPS) is 39.6. The summed E-state index contributed by atoms with van der Waals surface area (Å²) in [6.07, 6.45) is 7.95. The first-order chi connectivity index (χ1) is 9.02. The standard InChI is InChI=1S/C17H26O2/c1-10(2)19-17(18)11(3)4-16-14-6-12-5-13(8-14)9-15(16)7-12/h10,12-16H,3-9H2,1-2H3. The fourth-order valence-corrected chi connectivity index (χ4v) is 5.04. The van der Waals surface area contributed by atoms with Crippen molar-refractivity contribution in [2.45, 2.75) is 58.5 Å². The van der Waals surface area contributed by atoms with E-state index >= 15 is 0 Å². The second-order valence-electron chi connectivity index (χ2n) is 7.36. The highest BCUT2D eigenvalue weighted by Gasteiger charge is 2.48. The molecule has 2 nitrogen and oxygen atoms in total. The zero-order valence-electron chi connectivity index (χ0n) is 12.2. The molecule has 0 unspecified atom stereocenters. The van der Waals surface area contributed by atoms with Gasteiger partial charge in [0.25, 0.3) is 0 Å². The number of esters is 1. The maximum absolute atomic E-state index is 11.9. The van der Waals surface area contributed by atoms with Gasteiger partial charge in [0.2, 0.25) is 0 Å². The van der Waals surface area contributed by atoms with Crippen LogP contribution < -0.4 is 0 Å². The molecule has 4 aliphatic rings. The summed E-state index contributed by atoms with van der Waals surface area (Å²) >= 11 is 0. The predicted molar refractivity (Wildman–Crippen MR) is 75.5 cm³/mol. The first-order valence-electron chi connectivity index (χ1n) is 7.91. The van der Waals surface area contributed by atoms with Gasteiger partial charge in [0, 0.05) is 5.57 Å². The average molecular weight is 262 g/mol. The van der Waals surface area contributed by atoms with Gasteiger partial charge in [0.1, 0.15) is 0 Å². The summed E-state index contributed by atoms with van der Waals surface area (Å²) in [4.78, 5) is 11.9. The third-order valence-electron chi connectivity index (χ3n) is 5.54. The van der Waals surface area contributed by atoms with Crippen LogP contribution in [0.3, 0.4) is 0 Å². The Balaban J connectivity index is 1.61. The van der Waals surface area contributed by atoms with Crippen molar-refractivity contribution in [3.63, 3.8) is 0 Å². The van der Waals surface area contributed by atoms with E-state index in [0.29, 0.717) is 11.5 Å². The molecule has 4 rings (SSSR count). The Morgan fingerprint density at radius 2 is 1.63 bits per heavy atom. The van der Waals surface area contributed by atoms with Gasteiger partial charge in [-0.05, 0) is 82.0 Å². The fourth-order valence-electron chi connectivity index (χ4n) is 5.04. The Hall–Kier alpha value is -0.790. The number of hydrogen-bond donors (Lipinski definition) is 0. The van der Waals surface area contributed by atoms with Crippen LogP contribution in [0.1, 0.15) is 52.4 Å². The lowest BCUT2D eigenvalue weighted by molar-refractivity contribution is -0.143. The molecule has 0 N–H and O–H groups in total. The van der Waals surface area contributed by atoms with Crippen LogP contribution in [0.5, 0.6) is 0 Å². The molecule has 0 amide bonds. The number of ether oxygens (including phenoxy) is 1. The monoisotopic (exact) mass is 262 g/mol. The first-order valence-corrected chi connectivity index (χ1v) is 7.91. The molecule has 0 aliphatic heterocycles. The molecule has 4 bridgehead atoms. The van der Waals surface area contributed by atoms with Crippen molar-refractivity contribution in [2.75, 3.05) is 0 Å². The minimum Gasteiger partial charge on any atom is -0.460 e. The SMILES string of the molecule is C=C(CC1C2CC3CC(C2)CC1C3)C(=O)OC(C)C. The molecule has 0 heterocycles. The Labute approximate surface area is 116 Å². The van der Waals surface area contributed by atoms with E-state index in [-0.39, 0.29) is 12.1 Å². The Bertz CT molecular complexity index is 355. The van der Waals surface area contributed by atoms with Gasteiger partial charge in [-0.25, -0.2) is 4.79 Å². The molecule has 0 aromatic heterocycles. The molecule has 19 heavy (non-hydrogen) atoms. The van der Waals surface area contributed by atoms with Gasteiger partial charge in [-0.2, -0.15) is 0 Å². The van der Waals surface area contributed by atoms with Gasteiger partial charge in [-0.1, -0.05) is 6.58 Å². The average Bonchev–Trinajstić information content (AvgIpc) is 2.31. The largest absolute Gasteiger partial charge is 0.460 e. The van der Waals surface area contributed by atoms with Gasteiger partial charge >= 0.3 is 5.97 Å². The Morgan fingerprint density at radius 1 is 1.11 bits per heavy atom. The van der Waals surface area contributed by atoms with E-state index in [2.05, 4.69) is 6.58 Å². The second kappa shape index (κ2) is 4.96. The molecule has 0 aromatic rings. The lowest BCUT2D eigenvalue weighted by Gasteiger charge is -2.54. The van der Waals surface area contributed by atoms with Crippen LogP contribution in [0.25, 0.3) is 0 Å². The van der Waals surface area contributed by atoms with E-state index in [4.69, 9.17) is 4.74 Å². The van der Waals surface area contributed by atoms with Crippen LogP contribution in [-0.2, 0) is 9.53 Å². The molecular formula is C17H26O2. The number of hydrogen-bond acceptors (Lipinski definition) is 2. The third-order valence-corrected chi connectivity index (χ3v) is 5.54. The highest BCUT2D eigenvalue weighted by atomic mass is 16.5. The van der Waals surface area contributed by atoms with E-state index in [9.17, 15) is 4.79 Å². The van der Waals surface area contributed by atoms with Crippen LogP contribution in [-0.4, -0.2) is 12.1 Å². The van der Waals surface area contributed by atoms with Crippen molar-refractivity contribution in [2.24, 2.45) is 29.6 Å². The van der Waals surface area contributed by atoms with Gasteiger partial charge < -0.3 is 4.74 Å². The predicted octanol–water partition coefficient (Wildman–Crippen LogP) is 3.96. The molecule has 4 aliphatic carbocycles. The molecule has 106 valence electrons. The summed E-state index contributed by atoms with van der Waals surface area (Å²) in [5, 5.41) is 0. The van der Waals surface area contributed by atoms with Crippen LogP contribution in [0.15, 0.2) is 12.2 Å². The fraction of sp³-hybridized carbons (Fsp3) is 0.824. The highest BCUT2D eigenvalue weighted by molar-refractivity contribution is 5.87. The van der Waals surface area contributed by atoms with Crippen LogP contribution in [0.2, 0.25) is 0 Å². The zero-order valence-corrected chi connectivity index (χ0v) is 12.2. The van der Waals surface area contributed by atoms with Gasteiger partial charge in [-0.15, -0.1) is 0 Å². The Kier molecular flexibility index (Phi) is 3.44. The molecule has 0 radical (unpaired) electrons. The number of rotatable bonds is 4. The van der Waals surface area contributed by atoms with E-state index < -0.39 is 0 Å². The number of carbonyl (C=O) groups is 1. The zero-order chi connectivity index (χ0) is 13.6. The summed E-state index contributed by atoms with van der Waals surface area (Å²) in [6, 6.07) is 0. The molecule has 4 saturated carbocycles. The molecule has 0 atom stereocenters. The van der Waals surface area contributed by atoms with Crippen molar-refractivity contribution in [3.8, 4) is 0 Å². The summed E-state index contributed by atoms with van der Waals surface area (Å²) in [5.41, 5.74) is 0.700. The third kappa shape index (κ3) is 2.59. The molecule has 4 fully saturated rings. The maximum Gasteiger partial charge on any atom is 0.333 e. The Morgan fingerprint density at radius 3 is 2.11 bits per heavy atom. The van der Waals surface area contributed by atoms with Crippen molar-refractivity contribution < 1.29 is 9.53 Å². The summed E-state index contributed by atoms with van der Waals surface area (Å²) in [5.74, 6) is 4.24. The minimum absolute atomic E-state index is 0.0391. The molecule has 2 heteroatoms. The van der Waals surface area contributed by atoms with Crippen molar-refractivity contribution >= 4 is 5.97 Å². The minimum atomic E-state index is -0.177. The molecule has 0 aromatic carbocycles. The number of carbonyl (C=O) groups excluding carboxylic acids is 1. The van der Waals surface area contributed by atoms with Gasteiger partial charge in [0.15, 0.2) is 0 Å². The topological polar surface area (TPSA) is 26.3 Å². The van der Waals surface area contributed by atoms with Crippen LogP contribution in [0, 0.1) is 29.6 Å². The van der Waals surface area contributed by atoms with E-state index in [0.717, 1.165) is 30.1 Å². The molecular weight excluding hydrogens is 236 g/mol. The first kappa shape index (κ1) is 13.2. The summed E-state index contributed by atoms with van der Waals surface area (Å²) in [7, 11) is 0. The summed E-state index contributed by atoms with van der Waals surface area (Å²) in [6.45, 7) is 7.78. The highest BCUT2D eigenvalue weighted by Crippen LogP contribution is 2.57. The van der Waals surface area contributed by atoms with E-state index in [1.165, 1.54) is 32.1 Å². The quantitative estimate of drug-likeness (QED) is 0.566. The maximum atomic E-state index is 11.9. The van der Waals surface area contributed by atoms with Gasteiger partial charge in [-0.3, -0.25) is 0 Å². The van der Waals surface area contributed by atoms with E-state index in [1.807, 2.05) is 13.8 Å². The lowest BCUT2D eigenvalue weighted by Crippen LogP contribution is -2.45. The van der Waals surface area contributed by atoms with E-state index in [1.54, 1.807) is 0 Å². The van der Waals surface area contributed by atoms with Crippen molar-refractivity contribution in [1.29, 1.82) is 0 Å². The van der Waals surface area contributed by atoms with Crippen molar-refractivity contribution in [3.05, 3.63) is 12.2 Å². The van der Waals surface area contributed by atoms with Gasteiger partial charge in [0.05, 0.1) is 6.10 Å². The second-order valence-corrected chi connectivity index (χ2v) is 7.36. The molecule has 0 saturated heterocycles. The lowest BCUT2D eigenvalue weighted by atomic mass is 9.51. The summed E-state index contributed by atoms with van der Waals surface area (Å²) < 4.78 is 5.27. The smallest absolute Gasteiger partial charge is 0.333 e. The molecule has 0 spiro atoms. The van der Waals surface area contributed by atoms with Crippen molar-refractivity contribution in [1.82, 2.24) is 0 Å². The van der Waals surface area contributed by atoms with Crippen LogP contribution >= 0.6 is 0 Å².